The van der Waals surface area contributed by atoms with Gasteiger partial charge in [0, 0.05) is 12.3 Å². The molecular weight excluding hydrogens is 316 g/mol. The van der Waals surface area contributed by atoms with Gasteiger partial charge in [-0.25, -0.2) is 0 Å². The first kappa shape index (κ1) is 18.9. The molecule has 2 fully saturated rings. The second-order valence-corrected chi connectivity index (χ2v) is 6.13. The van der Waals surface area contributed by atoms with E-state index in [4.69, 9.17) is 14.6 Å². The van der Waals surface area contributed by atoms with Crippen molar-refractivity contribution in [3.63, 3.8) is 0 Å². The van der Waals surface area contributed by atoms with E-state index in [1.54, 1.807) is 0 Å². The standard InChI is InChI=1S/C13H24O10/c14-2-5-6(1-13(21,4-16)11(5)20)22-12-10(19)9(18)8(17)7(3-15)23-12/h5-12,14-21H,1-4H2/t5?,6-,7?,8?,9?,10?,11?,12?,13-/m1/s1. The molecule has 9 atom stereocenters. The molecule has 0 bridgehead atoms. The molecule has 23 heavy (non-hydrogen) atoms. The highest BCUT2D eigenvalue weighted by Gasteiger charge is 2.54. The van der Waals surface area contributed by atoms with Gasteiger partial charge in [-0.05, 0) is 0 Å². The minimum absolute atomic E-state index is 0.231. The summed E-state index contributed by atoms with van der Waals surface area (Å²) in [6, 6.07) is 0. The van der Waals surface area contributed by atoms with E-state index in [0.29, 0.717) is 0 Å². The van der Waals surface area contributed by atoms with Gasteiger partial charge >= 0.3 is 0 Å². The molecule has 1 aliphatic carbocycles. The second kappa shape index (κ2) is 7.23. The number of hydrogen-bond donors (Lipinski definition) is 8. The molecule has 7 unspecified atom stereocenters. The molecule has 0 amide bonds. The van der Waals surface area contributed by atoms with Crippen molar-refractivity contribution in [1.29, 1.82) is 0 Å². The molecule has 10 heteroatoms. The van der Waals surface area contributed by atoms with Gasteiger partial charge in [0.15, 0.2) is 6.29 Å². The van der Waals surface area contributed by atoms with Crippen molar-refractivity contribution < 1.29 is 50.3 Å². The fourth-order valence-electron chi connectivity index (χ4n) is 3.10. The summed E-state index contributed by atoms with van der Waals surface area (Å²) in [7, 11) is 0. The molecule has 2 aliphatic rings. The molecule has 0 aromatic heterocycles. The maximum absolute atomic E-state index is 10.1. The smallest absolute Gasteiger partial charge is 0.186 e. The fraction of sp³-hybridized carbons (Fsp3) is 1.00. The second-order valence-electron chi connectivity index (χ2n) is 6.13. The van der Waals surface area contributed by atoms with E-state index < -0.39 is 74.3 Å². The van der Waals surface area contributed by atoms with Crippen molar-refractivity contribution in [2.45, 2.75) is 54.9 Å². The van der Waals surface area contributed by atoms with Crippen LogP contribution in [-0.4, -0.2) is 109 Å². The summed E-state index contributed by atoms with van der Waals surface area (Å²) in [5, 5.41) is 77.1. The highest BCUT2D eigenvalue weighted by Crippen LogP contribution is 2.38. The number of rotatable bonds is 5. The third kappa shape index (κ3) is 3.37. The van der Waals surface area contributed by atoms with Crippen molar-refractivity contribution >= 4 is 0 Å². The molecule has 0 aromatic carbocycles. The predicted octanol–water partition coefficient (Wildman–Crippen LogP) is -4.73. The Balaban J connectivity index is 2.11. The zero-order valence-corrected chi connectivity index (χ0v) is 12.3. The van der Waals surface area contributed by atoms with Gasteiger partial charge in [-0.3, -0.25) is 0 Å². The van der Waals surface area contributed by atoms with Gasteiger partial charge in [-0.15, -0.1) is 0 Å². The van der Waals surface area contributed by atoms with Gasteiger partial charge in [0.05, 0.1) is 32.0 Å². The van der Waals surface area contributed by atoms with Gasteiger partial charge in [-0.2, -0.15) is 0 Å². The van der Waals surface area contributed by atoms with E-state index in [9.17, 15) is 35.7 Å². The van der Waals surface area contributed by atoms with E-state index in [-0.39, 0.29) is 6.42 Å². The largest absolute Gasteiger partial charge is 0.396 e. The van der Waals surface area contributed by atoms with Crippen molar-refractivity contribution in [3.8, 4) is 0 Å². The Morgan fingerprint density at radius 1 is 0.957 bits per heavy atom. The van der Waals surface area contributed by atoms with Gasteiger partial charge in [0.25, 0.3) is 0 Å². The van der Waals surface area contributed by atoms with Crippen molar-refractivity contribution in [3.05, 3.63) is 0 Å². The van der Waals surface area contributed by atoms with Crippen LogP contribution in [0, 0.1) is 5.92 Å². The third-order valence-corrected chi connectivity index (χ3v) is 4.63. The summed E-state index contributed by atoms with van der Waals surface area (Å²) in [5.74, 6) is -0.945. The number of ether oxygens (including phenoxy) is 2. The van der Waals surface area contributed by atoms with Crippen molar-refractivity contribution in [2.24, 2.45) is 5.92 Å². The first-order valence-corrected chi connectivity index (χ1v) is 7.37. The Labute approximate surface area is 132 Å². The van der Waals surface area contributed by atoms with Crippen molar-refractivity contribution in [2.75, 3.05) is 19.8 Å². The molecule has 0 aromatic rings. The zero-order valence-electron chi connectivity index (χ0n) is 12.3. The van der Waals surface area contributed by atoms with Crippen molar-refractivity contribution in [1.82, 2.24) is 0 Å². The lowest BCUT2D eigenvalue weighted by molar-refractivity contribution is -0.315. The third-order valence-electron chi connectivity index (χ3n) is 4.63. The molecule has 0 radical (unpaired) electrons. The quantitative estimate of drug-likeness (QED) is 0.242. The maximum atomic E-state index is 10.1. The number of hydrogen-bond acceptors (Lipinski definition) is 10. The van der Waals surface area contributed by atoms with E-state index in [1.807, 2.05) is 0 Å². The monoisotopic (exact) mass is 340 g/mol. The minimum Gasteiger partial charge on any atom is -0.396 e. The average Bonchev–Trinajstić information content (AvgIpc) is 2.79. The van der Waals surface area contributed by atoms with Crippen LogP contribution < -0.4 is 0 Å². The van der Waals surface area contributed by atoms with Crippen LogP contribution >= 0.6 is 0 Å². The Morgan fingerprint density at radius 2 is 1.61 bits per heavy atom. The Bertz CT molecular complexity index is 393. The molecule has 136 valence electrons. The molecule has 1 saturated carbocycles. The molecule has 1 aliphatic heterocycles. The van der Waals surface area contributed by atoms with Gasteiger partial charge < -0.3 is 50.3 Å². The van der Waals surface area contributed by atoms with Crippen LogP contribution in [0.5, 0.6) is 0 Å². The molecule has 2 rings (SSSR count). The summed E-state index contributed by atoms with van der Waals surface area (Å²) in [6.07, 6.45) is -10.1. The molecule has 8 N–H and O–H groups in total. The summed E-state index contributed by atoms with van der Waals surface area (Å²) in [5.41, 5.74) is -1.87. The Morgan fingerprint density at radius 3 is 2.13 bits per heavy atom. The number of aliphatic hydroxyl groups is 8. The SMILES string of the molecule is OCC1OC(O[C@@H]2C[C@@](O)(CO)C(O)C2CO)C(O)C(O)C1O. The Kier molecular flexibility index (Phi) is 5.95. The lowest BCUT2D eigenvalue weighted by Gasteiger charge is -2.41. The highest BCUT2D eigenvalue weighted by atomic mass is 16.7. The normalized spacial score (nSPS) is 51.1. The molecule has 0 spiro atoms. The predicted molar refractivity (Wildman–Crippen MR) is 71.9 cm³/mol. The van der Waals surface area contributed by atoms with Crippen LogP contribution in [0.4, 0.5) is 0 Å². The molecule has 10 nitrogen and oxygen atoms in total. The summed E-state index contributed by atoms with van der Waals surface area (Å²) >= 11 is 0. The van der Waals surface area contributed by atoms with Crippen LogP contribution in [0.2, 0.25) is 0 Å². The summed E-state index contributed by atoms with van der Waals surface area (Å²) in [6.45, 7) is -1.92. The van der Waals surface area contributed by atoms with Crippen LogP contribution in [0.15, 0.2) is 0 Å². The van der Waals surface area contributed by atoms with E-state index in [2.05, 4.69) is 0 Å². The van der Waals surface area contributed by atoms with Gasteiger partial charge in [0.2, 0.25) is 0 Å². The van der Waals surface area contributed by atoms with E-state index in [0.717, 1.165) is 0 Å². The molecular formula is C13H24O10. The average molecular weight is 340 g/mol. The van der Waals surface area contributed by atoms with Gasteiger partial charge in [-0.1, -0.05) is 0 Å². The van der Waals surface area contributed by atoms with Crippen LogP contribution in [0.25, 0.3) is 0 Å². The minimum atomic E-state index is -1.87. The maximum Gasteiger partial charge on any atom is 0.186 e. The topological polar surface area (TPSA) is 180 Å². The fourth-order valence-corrected chi connectivity index (χ4v) is 3.10. The Hall–Kier alpha value is -0.400. The first-order valence-electron chi connectivity index (χ1n) is 7.37. The summed E-state index contributed by atoms with van der Waals surface area (Å²) < 4.78 is 10.6. The first-order chi connectivity index (χ1) is 10.8. The summed E-state index contributed by atoms with van der Waals surface area (Å²) in [4.78, 5) is 0. The van der Waals surface area contributed by atoms with E-state index >= 15 is 0 Å². The van der Waals surface area contributed by atoms with Gasteiger partial charge in [0.1, 0.15) is 30.0 Å². The van der Waals surface area contributed by atoms with Crippen LogP contribution in [-0.2, 0) is 9.47 Å². The number of aliphatic hydroxyl groups excluding tert-OH is 7. The molecule has 1 saturated heterocycles. The highest BCUT2D eigenvalue weighted by molar-refractivity contribution is 5.03. The van der Waals surface area contributed by atoms with Crippen LogP contribution in [0.1, 0.15) is 6.42 Å². The lowest BCUT2D eigenvalue weighted by atomic mass is 9.97. The molecule has 1 heterocycles. The zero-order chi connectivity index (χ0) is 17.4. The van der Waals surface area contributed by atoms with E-state index in [1.165, 1.54) is 0 Å². The van der Waals surface area contributed by atoms with Crippen LogP contribution in [0.3, 0.4) is 0 Å². The lowest BCUT2D eigenvalue weighted by Crippen LogP contribution is -2.59.